The fraction of sp³-hybridized carbons (Fsp3) is 0.250. The largest absolute Gasteiger partial charge is 0.349 e. The minimum atomic E-state index is 1.02. The highest BCUT2D eigenvalue weighted by Crippen LogP contribution is 2.38. The number of fused-ring (bicyclic) bond motifs is 6. The predicted molar refractivity (Wildman–Crippen MR) is 87.6 cm³/mol. The van der Waals surface area contributed by atoms with Crippen molar-refractivity contribution in [1.29, 1.82) is 0 Å². The van der Waals surface area contributed by atoms with Gasteiger partial charge in [-0.2, -0.15) is 0 Å². The van der Waals surface area contributed by atoms with Crippen molar-refractivity contribution in [3.63, 3.8) is 0 Å². The lowest BCUT2D eigenvalue weighted by Gasteiger charge is -2.45. The lowest BCUT2D eigenvalue weighted by atomic mass is 10.0. The molecule has 4 rings (SSSR count). The van der Waals surface area contributed by atoms with Crippen molar-refractivity contribution < 1.29 is 0 Å². The lowest BCUT2D eigenvalue weighted by Crippen LogP contribution is -2.46. The van der Waals surface area contributed by atoms with E-state index in [1.54, 1.807) is 0 Å². The first-order valence-corrected chi connectivity index (χ1v) is 7.66. The normalized spacial score (nSPS) is 16.1. The molecule has 19 heavy (non-hydrogen) atoms. The average molecular weight is 362 g/mol. The van der Waals surface area contributed by atoms with Gasteiger partial charge in [-0.05, 0) is 64.9 Å². The number of rotatable bonds is 0. The molecule has 0 unspecified atom stereocenters. The van der Waals surface area contributed by atoms with Gasteiger partial charge in [-0.3, -0.25) is 0 Å². The molecule has 2 aliphatic rings. The molecule has 2 aromatic carbocycles. The summed E-state index contributed by atoms with van der Waals surface area (Å²) in [4.78, 5) is 4.97. The zero-order valence-corrected chi connectivity index (χ0v) is 13.0. The Morgan fingerprint density at radius 2 is 1.53 bits per heavy atom. The zero-order chi connectivity index (χ0) is 13.0. The third kappa shape index (κ3) is 1.83. The van der Waals surface area contributed by atoms with Gasteiger partial charge >= 0.3 is 0 Å². The highest BCUT2D eigenvalue weighted by atomic mass is 127. The van der Waals surface area contributed by atoms with E-state index in [0.29, 0.717) is 0 Å². The van der Waals surface area contributed by atoms with Gasteiger partial charge in [0.25, 0.3) is 0 Å². The van der Waals surface area contributed by atoms with Crippen molar-refractivity contribution in [2.75, 3.05) is 16.5 Å². The van der Waals surface area contributed by atoms with E-state index in [1.165, 1.54) is 31.6 Å². The molecule has 0 fully saturated rings. The first-order chi connectivity index (χ1) is 9.20. The average Bonchev–Trinajstić information content (AvgIpc) is 2.37. The summed E-state index contributed by atoms with van der Waals surface area (Å²) < 4.78 is 1.32. The fourth-order valence-corrected chi connectivity index (χ4v) is 3.73. The highest BCUT2D eigenvalue weighted by Gasteiger charge is 2.28. The number of benzene rings is 2. The molecule has 0 N–H and O–H groups in total. The maximum absolute atomic E-state index is 2.48. The molecule has 0 aliphatic carbocycles. The van der Waals surface area contributed by atoms with Crippen LogP contribution in [0.1, 0.15) is 16.7 Å². The Morgan fingerprint density at radius 1 is 0.895 bits per heavy atom. The molecule has 2 heterocycles. The van der Waals surface area contributed by atoms with Gasteiger partial charge in [-0.1, -0.05) is 17.7 Å². The predicted octanol–water partition coefficient (Wildman–Crippen LogP) is 3.90. The Hall–Kier alpha value is -1.23. The number of halogens is 1. The van der Waals surface area contributed by atoms with Gasteiger partial charge in [-0.25, -0.2) is 0 Å². The van der Waals surface area contributed by atoms with Crippen molar-refractivity contribution >= 4 is 34.0 Å². The van der Waals surface area contributed by atoms with Crippen molar-refractivity contribution in [3.05, 3.63) is 56.7 Å². The Kier molecular flexibility index (Phi) is 2.52. The molecule has 3 heteroatoms. The molecule has 96 valence electrons. The number of anilines is 2. The quantitative estimate of drug-likeness (QED) is 0.656. The van der Waals surface area contributed by atoms with E-state index in [4.69, 9.17) is 0 Å². The van der Waals surface area contributed by atoms with Crippen molar-refractivity contribution in [3.8, 4) is 0 Å². The maximum atomic E-state index is 2.48. The molecule has 2 nitrogen and oxygen atoms in total. The van der Waals surface area contributed by atoms with Gasteiger partial charge in [0.15, 0.2) is 0 Å². The Bertz CT molecular complexity index is 608. The summed E-state index contributed by atoms with van der Waals surface area (Å²) in [7, 11) is 0. The molecule has 2 bridgehead atoms. The Labute approximate surface area is 127 Å². The second kappa shape index (κ2) is 4.13. The van der Waals surface area contributed by atoms with E-state index in [2.05, 4.69) is 75.7 Å². The van der Waals surface area contributed by atoms with E-state index in [-0.39, 0.29) is 0 Å². The second-order valence-corrected chi connectivity index (χ2v) is 6.69. The first kappa shape index (κ1) is 11.6. The number of hydrogen-bond acceptors (Lipinski definition) is 2. The first-order valence-electron chi connectivity index (χ1n) is 6.58. The molecule has 0 amide bonds. The smallest absolute Gasteiger partial charge is 0.0910 e. The van der Waals surface area contributed by atoms with Crippen molar-refractivity contribution in [1.82, 2.24) is 0 Å². The molecule has 2 aliphatic heterocycles. The van der Waals surface area contributed by atoms with Gasteiger partial charge in [0.1, 0.15) is 0 Å². The van der Waals surface area contributed by atoms with Crippen LogP contribution in [0.5, 0.6) is 0 Å². The molecule has 0 radical (unpaired) electrons. The van der Waals surface area contributed by atoms with Crippen LogP contribution in [-0.4, -0.2) is 6.67 Å². The molecule has 0 spiro atoms. The Balaban J connectivity index is 1.83. The third-order valence-corrected chi connectivity index (χ3v) is 4.69. The standard InChI is InChI=1S/C16H15IN2/c1-11-2-4-15-12(6-11)8-18-10-19(15)9-13-7-14(17)3-5-16(13)18/h2-7H,8-10H2,1H3. The summed E-state index contributed by atoms with van der Waals surface area (Å²) in [6.07, 6.45) is 0. The number of nitrogens with zero attached hydrogens (tertiary/aromatic N) is 2. The van der Waals surface area contributed by atoms with Gasteiger partial charge in [-0.15, -0.1) is 0 Å². The number of hydrogen-bond donors (Lipinski definition) is 0. The van der Waals surface area contributed by atoms with E-state index < -0.39 is 0 Å². The molecular formula is C16H15IN2. The SMILES string of the molecule is Cc1ccc2c(c1)CN1CN2Cc2cc(I)ccc21. The summed E-state index contributed by atoms with van der Waals surface area (Å²) in [6.45, 7) is 5.25. The zero-order valence-electron chi connectivity index (χ0n) is 10.9. The van der Waals surface area contributed by atoms with Gasteiger partial charge in [0.05, 0.1) is 6.67 Å². The summed E-state index contributed by atoms with van der Waals surface area (Å²) in [5.41, 5.74) is 7.07. The van der Waals surface area contributed by atoms with E-state index in [9.17, 15) is 0 Å². The fourth-order valence-electron chi connectivity index (χ4n) is 3.18. The Morgan fingerprint density at radius 3 is 2.26 bits per heavy atom. The number of aryl methyl sites for hydroxylation is 1. The van der Waals surface area contributed by atoms with Crippen molar-refractivity contribution in [2.45, 2.75) is 20.0 Å². The third-order valence-electron chi connectivity index (χ3n) is 4.02. The molecular weight excluding hydrogens is 347 g/mol. The summed E-state index contributed by atoms with van der Waals surface area (Å²) >= 11 is 2.40. The van der Waals surface area contributed by atoms with Gasteiger partial charge < -0.3 is 9.80 Å². The summed E-state index contributed by atoms with van der Waals surface area (Å²) in [5, 5.41) is 0. The summed E-state index contributed by atoms with van der Waals surface area (Å²) in [5.74, 6) is 0. The van der Waals surface area contributed by atoms with Gasteiger partial charge in [0, 0.05) is 28.0 Å². The molecule has 0 saturated heterocycles. The monoisotopic (exact) mass is 362 g/mol. The van der Waals surface area contributed by atoms with Crippen LogP contribution in [0.4, 0.5) is 11.4 Å². The van der Waals surface area contributed by atoms with Crippen LogP contribution in [0, 0.1) is 10.5 Å². The highest BCUT2D eigenvalue weighted by molar-refractivity contribution is 14.1. The van der Waals surface area contributed by atoms with Crippen LogP contribution in [-0.2, 0) is 13.1 Å². The molecule has 2 aromatic rings. The van der Waals surface area contributed by atoms with Crippen LogP contribution in [0.3, 0.4) is 0 Å². The lowest BCUT2D eigenvalue weighted by molar-refractivity contribution is 0.650. The van der Waals surface area contributed by atoms with Crippen LogP contribution in [0.2, 0.25) is 0 Å². The minimum absolute atomic E-state index is 1.02. The van der Waals surface area contributed by atoms with E-state index >= 15 is 0 Å². The maximum Gasteiger partial charge on any atom is 0.0910 e. The summed E-state index contributed by atoms with van der Waals surface area (Å²) in [6, 6.07) is 13.6. The van der Waals surface area contributed by atoms with E-state index in [1.807, 2.05) is 0 Å². The van der Waals surface area contributed by atoms with Crippen molar-refractivity contribution in [2.24, 2.45) is 0 Å². The van der Waals surface area contributed by atoms with Crippen LogP contribution >= 0.6 is 22.6 Å². The minimum Gasteiger partial charge on any atom is -0.349 e. The van der Waals surface area contributed by atoms with Crippen LogP contribution in [0.25, 0.3) is 0 Å². The van der Waals surface area contributed by atoms with Crippen LogP contribution in [0.15, 0.2) is 36.4 Å². The second-order valence-electron chi connectivity index (χ2n) is 5.44. The van der Waals surface area contributed by atoms with Gasteiger partial charge in [0.2, 0.25) is 0 Å². The molecule has 0 saturated carbocycles. The van der Waals surface area contributed by atoms with E-state index in [0.717, 1.165) is 19.8 Å². The van der Waals surface area contributed by atoms with Crippen LogP contribution < -0.4 is 9.80 Å². The topological polar surface area (TPSA) is 6.48 Å². The molecule has 0 atom stereocenters. The molecule has 0 aromatic heterocycles.